The minimum Gasteiger partial charge on any atom is -0.341 e. The fourth-order valence-corrected chi connectivity index (χ4v) is 8.16. The molecule has 3 N–H and O–H groups in total. The molecule has 0 aliphatic heterocycles. The van der Waals surface area contributed by atoms with Gasteiger partial charge in [-0.3, -0.25) is 14.4 Å². The number of fused-ring (bicyclic) bond motifs is 3. The first-order valence-corrected chi connectivity index (χ1v) is 20.0. The Bertz CT molecular complexity index is 2760. The second kappa shape index (κ2) is 17.3. The van der Waals surface area contributed by atoms with Crippen molar-refractivity contribution in [3.05, 3.63) is 204 Å². The number of benzene rings is 7. The number of nitrogens with zero attached hydrogens (tertiary/aromatic N) is 1. The van der Waals surface area contributed by atoms with E-state index in [4.69, 9.17) is 0 Å². The van der Waals surface area contributed by atoms with Crippen molar-refractivity contribution in [1.29, 1.82) is 0 Å². The minimum absolute atomic E-state index is 0.0833. The van der Waals surface area contributed by atoms with E-state index < -0.39 is 17.1 Å². The van der Waals surface area contributed by atoms with E-state index in [9.17, 15) is 14.4 Å². The van der Waals surface area contributed by atoms with Gasteiger partial charge in [-0.1, -0.05) is 127 Å². The van der Waals surface area contributed by atoms with Crippen LogP contribution in [-0.2, 0) is 16.1 Å². The number of carbonyl (C=O) groups excluding carboxylic acids is 3. The van der Waals surface area contributed by atoms with E-state index in [0.29, 0.717) is 16.9 Å². The largest absolute Gasteiger partial charge is 0.341 e. The Morgan fingerprint density at radius 3 is 1.98 bits per heavy atom. The first kappa shape index (κ1) is 37.7. The van der Waals surface area contributed by atoms with Crippen molar-refractivity contribution >= 4 is 68.7 Å². The fraction of sp³-hybridized carbons (Fsp3) is 0.0600. The number of nitrogens with one attached hydrogen (secondary N) is 3. The molecule has 0 aliphatic rings. The summed E-state index contributed by atoms with van der Waals surface area (Å²) in [4.78, 5) is 42.2. The predicted molar refractivity (Wildman–Crippen MR) is 238 cm³/mol. The lowest BCUT2D eigenvalue weighted by Gasteiger charge is -2.18. The highest BCUT2D eigenvalue weighted by Gasteiger charge is 2.23. The molecule has 0 aliphatic carbocycles. The lowest BCUT2D eigenvalue weighted by molar-refractivity contribution is -0.116. The van der Waals surface area contributed by atoms with Crippen molar-refractivity contribution in [2.45, 2.75) is 23.6 Å². The predicted octanol–water partition coefficient (Wildman–Crippen LogP) is 11.4. The number of aryl methyl sites for hydroxylation is 1. The number of rotatable bonds is 12. The van der Waals surface area contributed by atoms with Gasteiger partial charge >= 0.3 is 0 Å². The van der Waals surface area contributed by atoms with E-state index in [1.54, 1.807) is 36.4 Å². The molecular formula is C50H40N4O3S. The zero-order valence-electron chi connectivity index (χ0n) is 31.8. The number of amides is 3. The van der Waals surface area contributed by atoms with Gasteiger partial charge in [0.15, 0.2) is 0 Å². The highest BCUT2D eigenvalue weighted by molar-refractivity contribution is 8.00. The van der Waals surface area contributed by atoms with E-state index >= 15 is 0 Å². The Balaban J connectivity index is 1.04. The first-order chi connectivity index (χ1) is 28.4. The Kier molecular flexibility index (Phi) is 11.3. The third kappa shape index (κ3) is 8.48. The molecule has 1 aromatic heterocycles. The van der Waals surface area contributed by atoms with E-state index in [1.807, 2.05) is 133 Å². The van der Waals surface area contributed by atoms with Crippen LogP contribution in [-0.4, -0.2) is 22.3 Å². The molecule has 1 heterocycles. The SMILES string of the molecule is CCn1c2ccccc2c2cc(NC(=O)C(Sc3cccc(NC(=O)/C(=C\c4ccc(-c5ccccc5)cc4)NC(=O)c4ccccc4)c3)c3ccccc3)ccc21. The fourth-order valence-electron chi connectivity index (χ4n) is 7.07. The van der Waals surface area contributed by atoms with E-state index in [1.165, 1.54) is 11.8 Å². The number of thioether (sulfide) groups is 1. The number of anilines is 2. The van der Waals surface area contributed by atoms with Gasteiger partial charge in [-0.25, -0.2) is 0 Å². The molecule has 8 heteroatoms. The summed E-state index contributed by atoms with van der Waals surface area (Å²) in [5, 5.41) is 10.6. The highest BCUT2D eigenvalue weighted by atomic mass is 32.2. The van der Waals surface area contributed by atoms with Crippen LogP contribution in [0.5, 0.6) is 0 Å². The van der Waals surface area contributed by atoms with Crippen LogP contribution in [0.3, 0.4) is 0 Å². The maximum absolute atomic E-state index is 14.2. The van der Waals surface area contributed by atoms with Gasteiger partial charge in [0.1, 0.15) is 10.9 Å². The second-order valence-electron chi connectivity index (χ2n) is 13.7. The van der Waals surface area contributed by atoms with Crippen LogP contribution in [0.2, 0.25) is 0 Å². The molecule has 1 atom stereocenters. The zero-order chi connectivity index (χ0) is 39.8. The Labute approximate surface area is 341 Å². The van der Waals surface area contributed by atoms with Crippen molar-refractivity contribution in [3.63, 3.8) is 0 Å². The topological polar surface area (TPSA) is 92.2 Å². The number of hydrogen-bond donors (Lipinski definition) is 3. The Morgan fingerprint density at radius 2 is 1.24 bits per heavy atom. The molecular weight excluding hydrogens is 737 g/mol. The molecule has 1 unspecified atom stereocenters. The average Bonchev–Trinajstić information content (AvgIpc) is 3.59. The van der Waals surface area contributed by atoms with Gasteiger partial charge in [-0.05, 0) is 89.9 Å². The molecule has 58 heavy (non-hydrogen) atoms. The third-order valence-electron chi connectivity index (χ3n) is 9.90. The number of para-hydroxylation sites is 1. The monoisotopic (exact) mass is 776 g/mol. The van der Waals surface area contributed by atoms with Crippen molar-refractivity contribution < 1.29 is 14.4 Å². The van der Waals surface area contributed by atoms with Crippen LogP contribution in [0.15, 0.2) is 193 Å². The second-order valence-corrected chi connectivity index (χ2v) is 14.9. The molecule has 284 valence electrons. The van der Waals surface area contributed by atoms with Crippen LogP contribution >= 0.6 is 11.8 Å². The zero-order valence-corrected chi connectivity index (χ0v) is 32.6. The molecule has 0 bridgehead atoms. The van der Waals surface area contributed by atoms with Crippen LogP contribution in [0.25, 0.3) is 39.0 Å². The average molecular weight is 777 g/mol. The minimum atomic E-state index is -0.598. The smallest absolute Gasteiger partial charge is 0.272 e. The van der Waals surface area contributed by atoms with E-state index in [-0.39, 0.29) is 11.6 Å². The van der Waals surface area contributed by atoms with Gasteiger partial charge in [-0.15, -0.1) is 11.8 Å². The Hall–Kier alpha value is -7.16. The molecule has 0 spiro atoms. The van der Waals surface area contributed by atoms with Crippen LogP contribution in [0, 0.1) is 0 Å². The number of aromatic nitrogens is 1. The molecule has 7 nitrogen and oxygen atoms in total. The summed E-state index contributed by atoms with van der Waals surface area (Å²) in [6.07, 6.45) is 1.66. The first-order valence-electron chi connectivity index (χ1n) is 19.1. The Morgan fingerprint density at radius 1 is 0.603 bits per heavy atom. The molecule has 8 aromatic rings. The lowest BCUT2D eigenvalue weighted by Crippen LogP contribution is -2.30. The third-order valence-corrected chi connectivity index (χ3v) is 11.1. The molecule has 3 amide bonds. The van der Waals surface area contributed by atoms with Crippen molar-refractivity contribution in [3.8, 4) is 11.1 Å². The summed E-state index contributed by atoms with van der Waals surface area (Å²) in [5.74, 6) is -1.06. The van der Waals surface area contributed by atoms with Crippen molar-refractivity contribution in [2.75, 3.05) is 10.6 Å². The van der Waals surface area contributed by atoms with Crippen LogP contribution in [0.4, 0.5) is 11.4 Å². The van der Waals surface area contributed by atoms with E-state index in [0.717, 1.165) is 55.5 Å². The summed E-state index contributed by atoms with van der Waals surface area (Å²) >= 11 is 1.39. The molecule has 0 fully saturated rings. The maximum Gasteiger partial charge on any atom is 0.272 e. The summed E-state index contributed by atoms with van der Waals surface area (Å²) < 4.78 is 2.28. The quantitative estimate of drug-likeness (QED) is 0.0851. The van der Waals surface area contributed by atoms with Crippen LogP contribution < -0.4 is 16.0 Å². The normalized spacial score (nSPS) is 11.9. The standard InChI is InChI=1S/C50H40N4O3S/c1-2-54-45-24-13-12-23-42(45)43-33-40(29-30-46(43)54)52-50(57)47(37-17-8-4-9-18-37)58-41-22-14-21-39(32-41)51-49(56)44(53-48(55)38-19-10-5-11-20-38)31-34-25-27-36(28-26-34)35-15-6-3-7-16-35/h3-33,47H,2H2,1H3,(H,51,56)(H,52,57)(H,53,55)/b44-31+. The number of hydrogen-bond acceptors (Lipinski definition) is 4. The molecule has 0 radical (unpaired) electrons. The van der Waals surface area contributed by atoms with Gasteiger partial charge < -0.3 is 20.5 Å². The van der Waals surface area contributed by atoms with Crippen molar-refractivity contribution in [1.82, 2.24) is 9.88 Å². The summed E-state index contributed by atoms with van der Waals surface area (Å²) in [5.41, 5.74) is 7.72. The molecule has 7 aromatic carbocycles. The van der Waals surface area contributed by atoms with Gasteiger partial charge in [0.25, 0.3) is 11.8 Å². The van der Waals surface area contributed by atoms with Crippen LogP contribution in [0.1, 0.15) is 33.7 Å². The highest BCUT2D eigenvalue weighted by Crippen LogP contribution is 2.38. The van der Waals surface area contributed by atoms with Crippen molar-refractivity contribution in [2.24, 2.45) is 0 Å². The maximum atomic E-state index is 14.2. The van der Waals surface area contributed by atoms with Gasteiger partial charge in [0.2, 0.25) is 5.91 Å². The van der Waals surface area contributed by atoms with Gasteiger partial charge in [-0.2, -0.15) is 0 Å². The summed E-state index contributed by atoms with van der Waals surface area (Å²) in [6.45, 7) is 2.97. The van der Waals surface area contributed by atoms with Gasteiger partial charge in [0.05, 0.1) is 0 Å². The lowest BCUT2D eigenvalue weighted by atomic mass is 10.0. The molecule has 8 rings (SSSR count). The van der Waals surface area contributed by atoms with E-state index in [2.05, 4.69) is 45.6 Å². The summed E-state index contributed by atoms with van der Waals surface area (Å²) in [6, 6.07) is 58.0. The molecule has 0 saturated heterocycles. The number of carbonyl (C=O) groups is 3. The molecule has 0 saturated carbocycles. The summed E-state index contributed by atoms with van der Waals surface area (Å²) in [7, 11) is 0. The van der Waals surface area contributed by atoms with Gasteiger partial charge in [0, 0.05) is 50.2 Å².